The van der Waals surface area contributed by atoms with E-state index < -0.39 is 5.60 Å². The topological polar surface area (TPSA) is 76.7 Å². The van der Waals surface area contributed by atoms with Crippen molar-refractivity contribution in [3.05, 3.63) is 0 Å². The van der Waals surface area contributed by atoms with Gasteiger partial charge in [-0.05, 0) is 47.0 Å². The summed E-state index contributed by atoms with van der Waals surface area (Å²) < 4.78 is 9.90. The van der Waals surface area contributed by atoms with Crippen LogP contribution >= 0.6 is 0 Å². The van der Waals surface area contributed by atoms with Crippen LogP contribution in [0.15, 0.2) is 0 Å². The van der Waals surface area contributed by atoms with E-state index in [1.807, 2.05) is 20.8 Å². The van der Waals surface area contributed by atoms with Gasteiger partial charge in [0.15, 0.2) is 0 Å². The maximum absolute atomic E-state index is 11.7. The zero-order valence-electron chi connectivity index (χ0n) is 13.0. The molecule has 0 bridgehead atoms. The molecular weight excluding hydrogens is 260 g/mol. The van der Waals surface area contributed by atoms with Crippen LogP contribution in [0.5, 0.6) is 0 Å². The Morgan fingerprint density at radius 2 is 1.80 bits per heavy atom. The van der Waals surface area contributed by atoms with Crippen molar-refractivity contribution in [1.29, 1.82) is 0 Å². The van der Waals surface area contributed by atoms with Gasteiger partial charge in [-0.1, -0.05) is 0 Å². The number of methoxy groups -OCH3 is 1. The Morgan fingerprint density at radius 1 is 1.20 bits per heavy atom. The molecule has 116 valence electrons. The minimum atomic E-state index is -0.486. The lowest BCUT2D eigenvalue weighted by atomic mass is 10.2. The highest BCUT2D eigenvalue weighted by atomic mass is 16.6. The van der Waals surface area contributed by atoms with Crippen LogP contribution in [0.4, 0.5) is 4.79 Å². The lowest BCUT2D eigenvalue weighted by molar-refractivity contribution is -0.142. The van der Waals surface area contributed by atoms with Crippen LogP contribution in [-0.2, 0) is 14.3 Å². The molecule has 0 radical (unpaired) electrons. The summed E-state index contributed by atoms with van der Waals surface area (Å²) in [6, 6.07) is -0.0264. The van der Waals surface area contributed by atoms with E-state index in [4.69, 9.17) is 4.74 Å². The average Bonchev–Trinajstić information content (AvgIpc) is 2.72. The largest absolute Gasteiger partial charge is 0.468 e. The average molecular weight is 286 g/mol. The molecule has 1 aliphatic rings. The van der Waals surface area contributed by atoms with E-state index in [1.54, 1.807) is 6.92 Å². The predicted octanol–water partition coefficient (Wildman–Crippen LogP) is 1.58. The normalized spacial score (nSPS) is 24.1. The van der Waals surface area contributed by atoms with Crippen molar-refractivity contribution in [1.82, 2.24) is 10.6 Å². The summed E-state index contributed by atoms with van der Waals surface area (Å²) >= 11 is 0. The van der Waals surface area contributed by atoms with Gasteiger partial charge in [-0.15, -0.1) is 0 Å². The highest BCUT2D eigenvalue weighted by molar-refractivity contribution is 5.75. The van der Waals surface area contributed by atoms with Gasteiger partial charge in [0, 0.05) is 12.1 Å². The van der Waals surface area contributed by atoms with Crippen LogP contribution in [0, 0.1) is 0 Å². The summed E-state index contributed by atoms with van der Waals surface area (Å²) in [6.07, 6.45) is 2.21. The monoisotopic (exact) mass is 286 g/mol. The van der Waals surface area contributed by atoms with E-state index in [1.165, 1.54) is 7.11 Å². The molecular formula is C14H26N2O4. The first-order valence-electron chi connectivity index (χ1n) is 7.04. The standard InChI is InChI=1S/C14H26N2O4/c1-9(12(17)19-5)15-10-6-7-11(8-10)16-13(18)20-14(2,3)4/h9-11,15H,6-8H2,1-5H3,(H,16,18). The van der Waals surface area contributed by atoms with E-state index in [9.17, 15) is 9.59 Å². The number of nitrogens with one attached hydrogen (secondary N) is 2. The number of alkyl carbamates (subject to hydrolysis) is 1. The summed E-state index contributed by atoms with van der Waals surface area (Å²) in [7, 11) is 1.38. The number of carbonyl (C=O) groups excluding carboxylic acids is 2. The molecule has 1 saturated carbocycles. The van der Waals surface area contributed by atoms with Crippen LogP contribution in [0.1, 0.15) is 47.0 Å². The molecule has 1 amide bonds. The molecule has 0 aromatic rings. The lowest BCUT2D eigenvalue weighted by Crippen LogP contribution is -2.42. The van der Waals surface area contributed by atoms with Gasteiger partial charge >= 0.3 is 12.1 Å². The van der Waals surface area contributed by atoms with E-state index in [2.05, 4.69) is 15.4 Å². The summed E-state index contributed by atoms with van der Waals surface area (Å²) in [5.41, 5.74) is -0.486. The number of amides is 1. The molecule has 1 aliphatic carbocycles. The second kappa shape index (κ2) is 6.92. The fraction of sp³-hybridized carbons (Fsp3) is 0.857. The van der Waals surface area contributed by atoms with Crippen molar-refractivity contribution < 1.29 is 19.1 Å². The molecule has 6 nitrogen and oxygen atoms in total. The molecule has 20 heavy (non-hydrogen) atoms. The van der Waals surface area contributed by atoms with Gasteiger partial charge in [-0.3, -0.25) is 4.79 Å². The Labute approximate surface area is 120 Å². The van der Waals surface area contributed by atoms with E-state index in [0.29, 0.717) is 0 Å². The highest BCUT2D eigenvalue weighted by Gasteiger charge is 2.29. The maximum atomic E-state index is 11.7. The fourth-order valence-electron chi connectivity index (χ4n) is 2.34. The molecule has 6 heteroatoms. The third kappa shape index (κ3) is 5.77. The Morgan fingerprint density at radius 3 is 2.35 bits per heavy atom. The maximum Gasteiger partial charge on any atom is 0.407 e. The summed E-state index contributed by atoms with van der Waals surface area (Å²) in [6.45, 7) is 7.29. The Balaban J connectivity index is 2.33. The van der Waals surface area contributed by atoms with Crippen LogP contribution in [0.2, 0.25) is 0 Å². The van der Waals surface area contributed by atoms with Gasteiger partial charge in [-0.25, -0.2) is 4.79 Å². The van der Waals surface area contributed by atoms with Gasteiger partial charge in [0.1, 0.15) is 11.6 Å². The molecule has 0 aromatic heterocycles. The summed E-state index contributed by atoms with van der Waals surface area (Å²) in [5.74, 6) is -0.270. The van der Waals surface area contributed by atoms with Crippen LogP contribution in [0.3, 0.4) is 0 Å². The minimum absolute atomic E-state index is 0.0900. The number of carbonyl (C=O) groups is 2. The van der Waals surface area contributed by atoms with E-state index in [-0.39, 0.29) is 30.2 Å². The summed E-state index contributed by atoms with van der Waals surface area (Å²) in [4.78, 5) is 23.0. The quantitative estimate of drug-likeness (QED) is 0.767. The van der Waals surface area contributed by atoms with Gasteiger partial charge < -0.3 is 20.1 Å². The van der Waals surface area contributed by atoms with E-state index in [0.717, 1.165) is 19.3 Å². The van der Waals surface area contributed by atoms with Crippen LogP contribution in [0.25, 0.3) is 0 Å². The third-order valence-electron chi connectivity index (χ3n) is 3.19. The minimum Gasteiger partial charge on any atom is -0.468 e. The highest BCUT2D eigenvalue weighted by Crippen LogP contribution is 2.20. The van der Waals surface area contributed by atoms with Crippen molar-refractivity contribution in [3.8, 4) is 0 Å². The van der Waals surface area contributed by atoms with E-state index >= 15 is 0 Å². The molecule has 1 fully saturated rings. The molecule has 0 aliphatic heterocycles. The molecule has 2 N–H and O–H groups in total. The molecule has 1 rings (SSSR count). The first-order chi connectivity index (χ1) is 9.21. The Kier molecular flexibility index (Phi) is 5.80. The summed E-state index contributed by atoms with van der Waals surface area (Å²) in [5, 5.41) is 6.08. The van der Waals surface area contributed by atoms with Crippen LogP contribution < -0.4 is 10.6 Å². The molecule has 3 unspecified atom stereocenters. The first kappa shape index (κ1) is 16.8. The number of rotatable bonds is 4. The number of hydrogen-bond donors (Lipinski definition) is 2. The molecule has 0 aromatic carbocycles. The van der Waals surface area contributed by atoms with Gasteiger partial charge in [0.05, 0.1) is 7.11 Å². The second-order valence-corrected chi connectivity index (χ2v) is 6.26. The zero-order valence-corrected chi connectivity index (χ0v) is 13.0. The van der Waals surface area contributed by atoms with Gasteiger partial charge in [0.25, 0.3) is 0 Å². The zero-order chi connectivity index (χ0) is 15.3. The smallest absolute Gasteiger partial charge is 0.407 e. The molecule has 0 spiro atoms. The number of ether oxygens (including phenoxy) is 2. The predicted molar refractivity (Wildman–Crippen MR) is 75.4 cm³/mol. The van der Waals surface area contributed by atoms with Crippen molar-refractivity contribution in [3.63, 3.8) is 0 Å². The molecule has 3 atom stereocenters. The second-order valence-electron chi connectivity index (χ2n) is 6.26. The fourth-order valence-corrected chi connectivity index (χ4v) is 2.34. The Bertz CT molecular complexity index is 352. The lowest BCUT2D eigenvalue weighted by Gasteiger charge is -2.22. The molecule has 0 saturated heterocycles. The van der Waals surface area contributed by atoms with Crippen molar-refractivity contribution >= 4 is 12.1 Å². The number of esters is 1. The SMILES string of the molecule is COC(=O)C(C)NC1CCC(NC(=O)OC(C)(C)C)C1. The Hall–Kier alpha value is -1.30. The van der Waals surface area contributed by atoms with Crippen LogP contribution in [-0.4, -0.2) is 42.9 Å². The first-order valence-corrected chi connectivity index (χ1v) is 7.04. The third-order valence-corrected chi connectivity index (χ3v) is 3.19. The van der Waals surface area contributed by atoms with Gasteiger partial charge in [0.2, 0.25) is 0 Å². The van der Waals surface area contributed by atoms with Crippen molar-refractivity contribution in [2.24, 2.45) is 0 Å². The van der Waals surface area contributed by atoms with Gasteiger partial charge in [-0.2, -0.15) is 0 Å². The number of hydrogen-bond acceptors (Lipinski definition) is 5. The van der Waals surface area contributed by atoms with Crippen molar-refractivity contribution in [2.75, 3.05) is 7.11 Å². The van der Waals surface area contributed by atoms with Crippen molar-refractivity contribution in [2.45, 2.75) is 70.7 Å². The molecule has 0 heterocycles.